The number of hydrogen-bond acceptors (Lipinski definition) is 3. The van der Waals surface area contributed by atoms with Crippen molar-refractivity contribution in [3.05, 3.63) is 35.4 Å². The van der Waals surface area contributed by atoms with Gasteiger partial charge in [-0.15, -0.1) is 0 Å². The lowest BCUT2D eigenvalue weighted by atomic mass is 9.73. The van der Waals surface area contributed by atoms with Crippen LogP contribution in [0.15, 0.2) is 24.3 Å². The van der Waals surface area contributed by atoms with Crippen LogP contribution in [0.3, 0.4) is 0 Å². The molecule has 0 unspecified atom stereocenters. The van der Waals surface area contributed by atoms with Gasteiger partial charge in [0.2, 0.25) is 11.8 Å². The molecular weight excluding hydrogens is 364 g/mol. The van der Waals surface area contributed by atoms with Crippen molar-refractivity contribution in [2.75, 3.05) is 19.7 Å². The average Bonchev–Trinajstić information content (AvgIpc) is 3.44. The van der Waals surface area contributed by atoms with Gasteiger partial charge in [-0.25, -0.2) is 0 Å². The van der Waals surface area contributed by atoms with E-state index in [2.05, 4.69) is 24.0 Å². The van der Waals surface area contributed by atoms with Gasteiger partial charge >= 0.3 is 0 Å². The third-order valence-electron chi connectivity index (χ3n) is 7.06. The van der Waals surface area contributed by atoms with Gasteiger partial charge in [-0.1, -0.05) is 36.8 Å². The van der Waals surface area contributed by atoms with E-state index in [4.69, 9.17) is 0 Å². The summed E-state index contributed by atoms with van der Waals surface area (Å²) in [5.74, 6) is 7.51. The lowest BCUT2D eigenvalue weighted by molar-refractivity contribution is -0.167. The fourth-order valence-electron chi connectivity index (χ4n) is 5.30. The second-order valence-corrected chi connectivity index (χ2v) is 9.01. The number of piperazine rings is 1. The van der Waals surface area contributed by atoms with Crippen molar-refractivity contribution in [3.63, 3.8) is 0 Å². The standard InChI is InChI=1S/C24H28N2O3/c27-15-21-23(18-9-7-17(8-10-18)6-5-16-3-1-2-4-16)20-13-25(14-22(28)26(20)21)24(29)19-11-12-19/h7-10,16,19-21,23,27H,1-4,11-15H2/t20-,21+,23+/m0/s1. The molecule has 152 valence electrons. The molecule has 2 aliphatic heterocycles. The molecule has 2 amide bonds. The molecule has 3 atom stereocenters. The molecule has 5 rings (SSSR count). The molecule has 4 aliphatic rings. The van der Waals surface area contributed by atoms with Crippen molar-refractivity contribution >= 4 is 11.8 Å². The molecule has 1 N–H and O–H groups in total. The summed E-state index contributed by atoms with van der Waals surface area (Å²) in [6.07, 6.45) is 6.91. The number of fused-ring (bicyclic) bond motifs is 1. The van der Waals surface area contributed by atoms with Gasteiger partial charge in [0.1, 0.15) is 0 Å². The first-order valence-corrected chi connectivity index (χ1v) is 11.0. The zero-order valence-electron chi connectivity index (χ0n) is 16.7. The van der Waals surface area contributed by atoms with Gasteiger partial charge in [0.05, 0.1) is 25.2 Å². The smallest absolute Gasteiger partial charge is 0.242 e. The van der Waals surface area contributed by atoms with E-state index >= 15 is 0 Å². The zero-order chi connectivity index (χ0) is 20.0. The van der Waals surface area contributed by atoms with Crippen LogP contribution in [0, 0.1) is 23.7 Å². The molecule has 0 aromatic heterocycles. The van der Waals surface area contributed by atoms with Crippen molar-refractivity contribution in [2.24, 2.45) is 11.8 Å². The monoisotopic (exact) mass is 392 g/mol. The highest BCUT2D eigenvalue weighted by atomic mass is 16.3. The number of carbonyl (C=O) groups is 2. The molecule has 2 heterocycles. The normalized spacial score (nSPS) is 29.1. The molecule has 0 radical (unpaired) electrons. The Morgan fingerprint density at radius 1 is 1.10 bits per heavy atom. The van der Waals surface area contributed by atoms with E-state index in [9.17, 15) is 14.7 Å². The lowest BCUT2D eigenvalue weighted by Gasteiger charge is -2.58. The Balaban J connectivity index is 1.32. The minimum atomic E-state index is -0.193. The third kappa shape index (κ3) is 3.44. The van der Waals surface area contributed by atoms with Crippen LogP contribution in [0.4, 0.5) is 0 Å². The minimum Gasteiger partial charge on any atom is -0.394 e. The van der Waals surface area contributed by atoms with E-state index in [1.165, 1.54) is 25.7 Å². The van der Waals surface area contributed by atoms with Crippen molar-refractivity contribution in [1.29, 1.82) is 0 Å². The highest BCUT2D eigenvalue weighted by Gasteiger charge is 2.55. The quantitative estimate of drug-likeness (QED) is 0.802. The zero-order valence-corrected chi connectivity index (χ0v) is 16.7. The van der Waals surface area contributed by atoms with Gasteiger partial charge in [0.25, 0.3) is 0 Å². The van der Waals surface area contributed by atoms with Gasteiger partial charge in [0.15, 0.2) is 0 Å². The summed E-state index contributed by atoms with van der Waals surface area (Å²) < 4.78 is 0. The fourth-order valence-corrected chi connectivity index (χ4v) is 5.30. The SMILES string of the molecule is O=C(C1CC1)N1CC(=O)N2[C@H](CO)[C@H](c3ccc(C#CC4CCCC4)cc3)[C@@H]2C1. The third-order valence-corrected chi connectivity index (χ3v) is 7.06. The molecule has 0 spiro atoms. The largest absolute Gasteiger partial charge is 0.394 e. The summed E-state index contributed by atoms with van der Waals surface area (Å²) in [7, 11) is 0. The fraction of sp³-hybridized carbons (Fsp3) is 0.583. The summed E-state index contributed by atoms with van der Waals surface area (Å²) in [5, 5.41) is 9.91. The van der Waals surface area contributed by atoms with Gasteiger partial charge in [-0.3, -0.25) is 9.59 Å². The molecule has 5 heteroatoms. The Morgan fingerprint density at radius 3 is 2.48 bits per heavy atom. The van der Waals surface area contributed by atoms with Gasteiger partial charge in [-0.05, 0) is 43.4 Å². The summed E-state index contributed by atoms with van der Waals surface area (Å²) in [6, 6.07) is 8.02. The van der Waals surface area contributed by atoms with Crippen molar-refractivity contribution in [3.8, 4) is 11.8 Å². The molecule has 1 aromatic carbocycles. The second-order valence-electron chi connectivity index (χ2n) is 9.01. The molecule has 2 aliphatic carbocycles. The van der Waals surface area contributed by atoms with E-state index < -0.39 is 0 Å². The number of hydrogen-bond donors (Lipinski definition) is 1. The summed E-state index contributed by atoms with van der Waals surface area (Å²) in [5.41, 5.74) is 2.13. The second kappa shape index (κ2) is 7.50. The molecule has 0 bridgehead atoms. The maximum Gasteiger partial charge on any atom is 0.242 e. The van der Waals surface area contributed by atoms with Crippen LogP contribution in [0.1, 0.15) is 55.6 Å². The van der Waals surface area contributed by atoms with Crippen LogP contribution in [-0.2, 0) is 9.59 Å². The van der Waals surface area contributed by atoms with Crippen molar-refractivity contribution in [1.82, 2.24) is 9.80 Å². The van der Waals surface area contributed by atoms with Crippen LogP contribution in [-0.4, -0.2) is 58.5 Å². The maximum atomic E-state index is 12.6. The number of nitrogens with zero attached hydrogens (tertiary/aromatic N) is 2. The van der Waals surface area contributed by atoms with Gasteiger partial charge in [-0.2, -0.15) is 0 Å². The molecule has 5 nitrogen and oxygen atoms in total. The van der Waals surface area contributed by atoms with Crippen LogP contribution >= 0.6 is 0 Å². The molecule has 1 aromatic rings. The Bertz CT molecular complexity index is 858. The average molecular weight is 392 g/mol. The number of amides is 2. The van der Waals surface area contributed by atoms with Gasteiger partial charge in [0, 0.05) is 29.9 Å². The Kier molecular flexibility index (Phi) is 4.83. The van der Waals surface area contributed by atoms with E-state index in [-0.39, 0.29) is 48.9 Å². The highest BCUT2D eigenvalue weighted by Crippen LogP contribution is 2.43. The van der Waals surface area contributed by atoms with Crippen molar-refractivity contribution in [2.45, 2.75) is 56.5 Å². The van der Waals surface area contributed by atoms with E-state index in [0.29, 0.717) is 12.5 Å². The number of benzene rings is 1. The molecule has 29 heavy (non-hydrogen) atoms. The first-order valence-electron chi connectivity index (χ1n) is 11.0. The van der Waals surface area contributed by atoms with Crippen LogP contribution in [0.5, 0.6) is 0 Å². The number of aliphatic hydroxyl groups excluding tert-OH is 1. The highest BCUT2D eigenvalue weighted by molar-refractivity contribution is 5.89. The Hall–Kier alpha value is -2.32. The Labute approximate surface area is 172 Å². The van der Waals surface area contributed by atoms with Crippen LogP contribution < -0.4 is 0 Å². The molecule has 4 fully saturated rings. The first kappa shape index (κ1) is 18.7. The van der Waals surface area contributed by atoms with E-state index in [1.807, 2.05) is 12.1 Å². The maximum absolute atomic E-state index is 12.6. The predicted molar refractivity (Wildman–Crippen MR) is 109 cm³/mol. The van der Waals surface area contributed by atoms with Crippen LogP contribution in [0.25, 0.3) is 0 Å². The summed E-state index contributed by atoms with van der Waals surface area (Å²) >= 11 is 0. The topological polar surface area (TPSA) is 60.9 Å². The molecule has 2 saturated heterocycles. The summed E-state index contributed by atoms with van der Waals surface area (Å²) in [4.78, 5) is 28.7. The molecule has 2 saturated carbocycles. The summed E-state index contributed by atoms with van der Waals surface area (Å²) in [6.45, 7) is 0.683. The number of carbonyl (C=O) groups excluding carboxylic acids is 2. The first-order chi connectivity index (χ1) is 14.2. The molecular formula is C24H28N2O3. The van der Waals surface area contributed by atoms with E-state index in [0.717, 1.165) is 24.0 Å². The minimum absolute atomic E-state index is 0.0356. The van der Waals surface area contributed by atoms with Crippen molar-refractivity contribution < 1.29 is 14.7 Å². The number of aliphatic hydroxyl groups is 1. The number of rotatable bonds is 3. The van der Waals surface area contributed by atoms with Gasteiger partial charge < -0.3 is 14.9 Å². The lowest BCUT2D eigenvalue weighted by Crippen LogP contribution is -2.73. The Morgan fingerprint density at radius 2 is 1.83 bits per heavy atom. The van der Waals surface area contributed by atoms with Crippen LogP contribution in [0.2, 0.25) is 0 Å². The predicted octanol–water partition coefficient (Wildman–Crippen LogP) is 2.14. The van der Waals surface area contributed by atoms with E-state index in [1.54, 1.807) is 9.80 Å².